The van der Waals surface area contributed by atoms with Gasteiger partial charge in [0.2, 0.25) is 0 Å². The highest BCUT2D eigenvalue weighted by Gasteiger charge is 2.15. The van der Waals surface area contributed by atoms with E-state index in [1.54, 1.807) is 7.11 Å². The van der Waals surface area contributed by atoms with Crippen LogP contribution >= 0.6 is 0 Å². The Morgan fingerprint density at radius 2 is 2.00 bits per heavy atom. The van der Waals surface area contributed by atoms with Crippen LogP contribution in [0, 0.1) is 0 Å². The molecule has 0 radical (unpaired) electrons. The van der Waals surface area contributed by atoms with Crippen LogP contribution in [0.25, 0.3) is 10.9 Å². The number of para-hydroxylation sites is 1. The Morgan fingerprint density at radius 3 is 2.67 bits per heavy atom. The number of nitrogens with zero attached hydrogens (tertiary/aromatic N) is 1. The van der Waals surface area contributed by atoms with Crippen LogP contribution in [0.15, 0.2) is 49.6 Å². The lowest BCUT2D eigenvalue weighted by molar-refractivity contribution is 0.411. The van der Waals surface area contributed by atoms with Gasteiger partial charge in [-0.25, -0.2) is 0 Å². The molecule has 0 fully saturated rings. The molecule has 0 aliphatic rings. The molecule has 0 aliphatic heterocycles. The molecular formula is C16H19NO. The van der Waals surface area contributed by atoms with Gasteiger partial charge in [0, 0.05) is 11.9 Å². The fourth-order valence-corrected chi connectivity index (χ4v) is 2.38. The van der Waals surface area contributed by atoms with Crippen LogP contribution in [-0.2, 0) is 13.0 Å². The van der Waals surface area contributed by atoms with Gasteiger partial charge >= 0.3 is 0 Å². The molecule has 2 rings (SSSR count). The molecule has 1 aromatic heterocycles. The van der Waals surface area contributed by atoms with Gasteiger partial charge < -0.3 is 9.30 Å². The summed E-state index contributed by atoms with van der Waals surface area (Å²) in [5, 5.41) is 1.17. The van der Waals surface area contributed by atoms with Gasteiger partial charge in [0.1, 0.15) is 5.75 Å². The number of methoxy groups -OCH3 is 1. The molecule has 0 saturated heterocycles. The fourth-order valence-electron chi connectivity index (χ4n) is 2.38. The number of hydrogen-bond acceptors (Lipinski definition) is 1. The third kappa shape index (κ3) is 2.06. The van der Waals surface area contributed by atoms with Gasteiger partial charge in [-0.2, -0.15) is 0 Å². The van der Waals surface area contributed by atoms with Crippen molar-refractivity contribution in [1.82, 2.24) is 4.57 Å². The van der Waals surface area contributed by atoms with Crippen molar-refractivity contribution in [2.24, 2.45) is 0 Å². The van der Waals surface area contributed by atoms with E-state index in [1.165, 1.54) is 16.6 Å². The highest BCUT2D eigenvalue weighted by molar-refractivity contribution is 5.88. The van der Waals surface area contributed by atoms with Gasteiger partial charge in [-0.3, -0.25) is 0 Å². The summed E-state index contributed by atoms with van der Waals surface area (Å²) in [7, 11) is 1.73. The summed E-state index contributed by atoms with van der Waals surface area (Å²) in [6.45, 7) is 8.43. The Labute approximate surface area is 108 Å². The van der Waals surface area contributed by atoms with Crippen molar-refractivity contribution < 1.29 is 4.74 Å². The minimum Gasteiger partial charge on any atom is -0.494 e. The summed E-state index contributed by atoms with van der Waals surface area (Å²) in [5.41, 5.74) is 2.42. The molecule has 2 nitrogen and oxygen atoms in total. The maximum Gasteiger partial charge on any atom is 0.147 e. The molecule has 94 valence electrons. The van der Waals surface area contributed by atoms with Crippen LogP contribution in [0.3, 0.4) is 0 Å². The van der Waals surface area contributed by atoms with E-state index in [2.05, 4.69) is 35.9 Å². The number of allylic oxidation sites excluding steroid dienone is 2. The topological polar surface area (TPSA) is 14.2 Å². The molecule has 0 spiro atoms. The predicted molar refractivity (Wildman–Crippen MR) is 77.2 cm³/mol. The van der Waals surface area contributed by atoms with Crippen LogP contribution in [0.1, 0.15) is 12.1 Å². The van der Waals surface area contributed by atoms with Crippen LogP contribution in [0.5, 0.6) is 5.75 Å². The van der Waals surface area contributed by atoms with E-state index in [4.69, 9.17) is 4.74 Å². The van der Waals surface area contributed by atoms with Gasteiger partial charge in [0.25, 0.3) is 0 Å². The van der Waals surface area contributed by atoms with E-state index < -0.39 is 0 Å². The average Bonchev–Trinajstić information content (AvgIpc) is 2.70. The van der Waals surface area contributed by atoms with Gasteiger partial charge in [0.15, 0.2) is 0 Å². The van der Waals surface area contributed by atoms with Crippen LogP contribution in [-0.4, -0.2) is 11.7 Å². The second-order valence-corrected chi connectivity index (χ2v) is 4.22. The van der Waals surface area contributed by atoms with Crippen molar-refractivity contribution >= 4 is 10.9 Å². The maximum absolute atomic E-state index is 5.59. The molecule has 0 amide bonds. The standard InChI is InChI=1S/C16H19NO/c1-4-6-10-15-16(18-3)13-9-7-8-11-14(13)17(15)12-5-2/h4-5,7-9,11H,1-2,6,10,12H2,3H3. The Hall–Kier alpha value is -1.96. The van der Waals surface area contributed by atoms with Crippen molar-refractivity contribution in [1.29, 1.82) is 0 Å². The Bertz CT molecular complexity index is 566. The quantitative estimate of drug-likeness (QED) is 0.698. The van der Waals surface area contributed by atoms with Crippen LogP contribution in [0.4, 0.5) is 0 Å². The SMILES string of the molecule is C=CCCc1c(OC)c2ccccc2n1CC=C. The molecule has 2 heteroatoms. The summed E-state index contributed by atoms with van der Waals surface area (Å²) in [5.74, 6) is 0.981. The third-order valence-electron chi connectivity index (χ3n) is 3.13. The van der Waals surface area contributed by atoms with Gasteiger partial charge in [-0.15, -0.1) is 13.2 Å². The zero-order chi connectivity index (χ0) is 13.0. The second-order valence-electron chi connectivity index (χ2n) is 4.22. The summed E-state index contributed by atoms with van der Waals surface area (Å²) in [4.78, 5) is 0. The maximum atomic E-state index is 5.59. The second kappa shape index (κ2) is 5.58. The van der Waals surface area contributed by atoms with Crippen molar-refractivity contribution in [2.45, 2.75) is 19.4 Å². The molecule has 0 aliphatic carbocycles. The van der Waals surface area contributed by atoms with Crippen molar-refractivity contribution in [3.8, 4) is 5.75 Å². The highest BCUT2D eigenvalue weighted by Crippen LogP contribution is 2.33. The first kappa shape index (κ1) is 12.5. The monoisotopic (exact) mass is 241 g/mol. The molecule has 0 saturated carbocycles. The van der Waals surface area contributed by atoms with E-state index in [9.17, 15) is 0 Å². The Morgan fingerprint density at radius 1 is 1.22 bits per heavy atom. The van der Waals surface area contributed by atoms with E-state index in [0.29, 0.717) is 0 Å². The predicted octanol–water partition coefficient (Wildman–Crippen LogP) is 3.95. The lowest BCUT2D eigenvalue weighted by Crippen LogP contribution is -2.02. The van der Waals surface area contributed by atoms with Crippen molar-refractivity contribution in [3.63, 3.8) is 0 Å². The lowest BCUT2D eigenvalue weighted by Gasteiger charge is -2.08. The minimum absolute atomic E-state index is 0.802. The Kier molecular flexibility index (Phi) is 3.88. The molecule has 0 bridgehead atoms. The number of ether oxygens (including phenoxy) is 1. The highest BCUT2D eigenvalue weighted by atomic mass is 16.5. The first-order chi connectivity index (χ1) is 8.83. The zero-order valence-electron chi connectivity index (χ0n) is 10.9. The van der Waals surface area contributed by atoms with Crippen molar-refractivity contribution in [3.05, 3.63) is 55.3 Å². The van der Waals surface area contributed by atoms with Gasteiger partial charge in [-0.05, 0) is 25.0 Å². The van der Waals surface area contributed by atoms with E-state index in [-0.39, 0.29) is 0 Å². The third-order valence-corrected chi connectivity index (χ3v) is 3.13. The molecular weight excluding hydrogens is 222 g/mol. The van der Waals surface area contributed by atoms with Crippen LogP contribution in [0.2, 0.25) is 0 Å². The molecule has 18 heavy (non-hydrogen) atoms. The molecule has 0 N–H and O–H groups in total. The van der Waals surface area contributed by atoms with Crippen LogP contribution < -0.4 is 4.74 Å². The largest absolute Gasteiger partial charge is 0.494 e. The average molecular weight is 241 g/mol. The molecule has 1 heterocycles. The molecule has 0 unspecified atom stereocenters. The van der Waals surface area contributed by atoms with Crippen molar-refractivity contribution in [2.75, 3.05) is 7.11 Å². The number of benzene rings is 1. The number of fused-ring (bicyclic) bond motifs is 1. The van der Waals surface area contributed by atoms with E-state index >= 15 is 0 Å². The summed E-state index contributed by atoms with van der Waals surface area (Å²) in [6.07, 6.45) is 5.75. The first-order valence-corrected chi connectivity index (χ1v) is 6.19. The first-order valence-electron chi connectivity index (χ1n) is 6.19. The molecule has 0 atom stereocenters. The lowest BCUT2D eigenvalue weighted by atomic mass is 10.2. The van der Waals surface area contributed by atoms with Gasteiger partial charge in [0.05, 0.1) is 18.3 Å². The van der Waals surface area contributed by atoms with E-state index in [0.717, 1.165) is 25.1 Å². The Balaban J connectivity index is 2.65. The fraction of sp³-hybridized carbons (Fsp3) is 0.250. The van der Waals surface area contributed by atoms with Gasteiger partial charge in [-0.1, -0.05) is 24.3 Å². The number of aromatic nitrogens is 1. The van der Waals surface area contributed by atoms with E-state index in [1.807, 2.05) is 18.2 Å². The molecule has 1 aromatic carbocycles. The number of hydrogen-bond donors (Lipinski definition) is 0. The minimum atomic E-state index is 0.802. The summed E-state index contributed by atoms with van der Waals surface area (Å²) in [6, 6.07) is 8.32. The zero-order valence-corrected chi connectivity index (χ0v) is 10.9. The normalized spacial score (nSPS) is 10.5. The summed E-state index contributed by atoms with van der Waals surface area (Å²) >= 11 is 0. The smallest absolute Gasteiger partial charge is 0.147 e. The summed E-state index contributed by atoms with van der Waals surface area (Å²) < 4.78 is 7.86. The molecule has 2 aromatic rings. The number of rotatable bonds is 6.